The van der Waals surface area contributed by atoms with Crippen LogP contribution in [0.2, 0.25) is 0 Å². The van der Waals surface area contributed by atoms with Gasteiger partial charge in [0.1, 0.15) is 11.5 Å². The molecule has 1 aliphatic rings. The number of rotatable bonds is 4. The minimum atomic E-state index is 0.714. The van der Waals surface area contributed by atoms with E-state index in [1.807, 2.05) is 0 Å². The normalized spacial score (nSPS) is 15.0. The first kappa shape index (κ1) is 12.0. The molecule has 1 aliphatic carbocycles. The molecule has 1 aromatic heterocycles. The maximum atomic E-state index is 5.90. The number of aryl methyl sites for hydroxylation is 1. The van der Waals surface area contributed by atoms with E-state index in [0.717, 1.165) is 28.1 Å². The first-order chi connectivity index (χ1) is 8.72. The lowest BCUT2D eigenvalue weighted by Gasteiger charge is -2.03. The molecule has 1 aromatic carbocycles. The average molecular weight is 306 g/mol. The Morgan fingerprint density at radius 3 is 2.89 bits per heavy atom. The standard InChI is InChI=1S/C15H16BrNO/c1-10-2-3-11(16)8-14(10)15-7-6-13(18-15)9-17-12-4-5-12/h2-3,6-8,12,17H,4-5,9H2,1H3. The van der Waals surface area contributed by atoms with E-state index in [4.69, 9.17) is 4.42 Å². The molecule has 3 rings (SSSR count). The Bertz CT molecular complexity index is 557. The van der Waals surface area contributed by atoms with E-state index in [-0.39, 0.29) is 0 Å². The highest BCUT2D eigenvalue weighted by Crippen LogP contribution is 2.28. The third-order valence-electron chi connectivity index (χ3n) is 3.27. The zero-order valence-corrected chi connectivity index (χ0v) is 12.0. The van der Waals surface area contributed by atoms with E-state index < -0.39 is 0 Å². The summed E-state index contributed by atoms with van der Waals surface area (Å²) in [6.45, 7) is 2.93. The van der Waals surface area contributed by atoms with Gasteiger partial charge >= 0.3 is 0 Å². The van der Waals surface area contributed by atoms with E-state index in [9.17, 15) is 0 Å². The summed E-state index contributed by atoms with van der Waals surface area (Å²) in [6, 6.07) is 11.1. The maximum absolute atomic E-state index is 5.90. The molecule has 2 aromatic rings. The van der Waals surface area contributed by atoms with Crippen molar-refractivity contribution < 1.29 is 4.42 Å². The van der Waals surface area contributed by atoms with Crippen LogP contribution in [0, 0.1) is 6.92 Å². The van der Waals surface area contributed by atoms with Gasteiger partial charge in [0.05, 0.1) is 6.54 Å². The molecule has 18 heavy (non-hydrogen) atoms. The molecular formula is C15H16BrNO. The van der Waals surface area contributed by atoms with Crippen LogP contribution in [0.25, 0.3) is 11.3 Å². The monoisotopic (exact) mass is 305 g/mol. The molecule has 1 fully saturated rings. The van der Waals surface area contributed by atoms with Gasteiger partial charge in [-0.15, -0.1) is 0 Å². The number of nitrogens with one attached hydrogen (secondary N) is 1. The quantitative estimate of drug-likeness (QED) is 0.912. The van der Waals surface area contributed by atoms with Gasteiger partial charge in [0.25, 0.3) is 0 Å². The molecule has 0 unspecified atom stereocenters. The maximum Gasteiger partial charge on any atom is 0.134 e. The van der Waals surface area contributed by atoms with Crippen LogP contribution in [-0.4, -0.2) is 6.04 Å². The summed E-state index contributed by atoms with van der Waals surface area (Å²) in [5, 5.41) is 3.46. The molecule has 94 valence electrons. The first-order valence-electron chi connectivity index (χ1n) is 6.31. The lowest BCUT2D eigenvalue weighted by molar-refractivity contribution is 0.492. The van der Waals surface area contributed by atoms with Gasteiger partial charge in [0.2, 0.25) is 0 Å². The molecular weight excluding hydrogens is 290 g/mol. The van der Waals surface area contributed by atoms with Crippen LogP contribution in [0.5, 0.6) is 0 Å². The summed E-state index contributed by atoms with van der Waals surface area (Å²) in [4.78, 5) is 0. The van der Waals surface area contributed by atoms with Crippen molar-refractivity contribution in [2.24, 2.45) is 0 Å². The van der Waals surface area contributed by atoms with Crippen molar-refractivity contribution in [1.82, 2.24) is 5.32 Å². The van der Waals surface area contributed by atoms with Gasteiger partial charge < -0.3 is 9.73 Å². The number of benzene rings is 1. The Hall–Kier alpha value is -1.06. The Labute approximate surface area is 116 Å². The smallest absolute Gasteiger partial charge is 0.134 e. The van der Waals surface area contributed by atoms with Crippen molar-refractivity contribution >= 4 is 15.9 Å². The van der Waals surface area contributed by atoms with Gasteiger partial charge in [0.15, 0.2) is 0 Å². The summed E-state index contributed by atoms with van der Waals surface area (Å²) >= 11 is 3.50. The van der Waals surface area contributed by atoms with Crippen molar-refractivity contribution in [1.29, 1.82) is 0 Å². The van der Waals surface area contributed by atoms with Crippen molar-refractivity contribution in [3.8, 4) is 11.3 Å². The third-order valence-corrected chi connectivity index (χ3v) is 3.76. The number of furan rings is 1. The molecule has 0 radical (unpaired) electrons. The number of hydrogen-bond acceptors (Lipinski definition) is 2. The van der Waals surface area contributed by atoms with E-state index in [1.54, 1.807) is 0 Å². The predicted molar refractivity (Wildman–Crippen MR) is 76.4 cm³/mol. The molecule has 3 heteroatoms. The Balaban J connectivity index is 1.80. The largest absolute Gasteiger partial charge is 0.460 e. The summed E-state index contributed by atoms with van der Waals surface area (Å²) in [7, 11) is 0. The van der Waals surface area contributed by atoms with E-state index in [0.29, 0.717) is 6.04 Å². The van der Waals surface area contributed by atoms with Gasteiger partial charge in [-0.25, -0.2) is 0 Å². The van der Waals surface area contributed by atoms with Crippen molar-refractivity contribution in [2.45, 2.75) is 32.4 Å². The van der Waals surface area contributed by atoms with E-state index in [2.05, 4.69) is 58.5 Å². The first-order valence-corrected chi connectivity index (χ1v) is 7.10. The lowest BCUT2D eigenvalue weighted by Crippen LogP contribution is -2.14. The fourth-order valence-corrected chi connectivity index (χ4v) is 2.37. The molecule has 1 heterocycles. The average Bonchev–Trinajstić information content (AvgIpc) is 3.08. The van der Waals surface area contributed by atoms with Crippen LogP contribution >= 0.6 is 15.9 Å². The van der Waals surface area contributed by atoms with Gasteiger partial charge in [-0.05, 0) is 49.6 Å². The summed E-state index contributed by atoms with van der Waals surface area (Å²) in [5.74, 6) is 1.96. The molecule has 0 spiro atoms. The Kier molecular flexibility index (Phi) is 3.27. The van der Waals surface area contributed by atoms with Gasteiger partial charge in [0, 0.05) is 16.1 Å². The topological polar surface area (TPSA) is 25.2 Å². The summed E-state index contributed by atoms with van der Waals surface area (Å²) in [6.07, 6.45) is 2.61. The highest BCUT2D eigenvalue weighted by atomic mass is 79.9. The van der Waals surface area contributed by atoms with Crippen LogP contribution in [-0.2, 0) is 6.54 Å². The summed E-state index contributed by atoms with van der Waals surface area (Å²) in [5.41, 5.74) is 2.39. The second-order valence-corrected chi connectivity index (χ2v) is 5.80. The van der Waals surface area contributed by atoms with Gasteiger partial charge in [-0.1, -0.05) is 22.0 Å². The van der Waals surface area contributed by atoms with Crippen LogP contribution in [0.15, 0.2) is 39.2 Å². The predicted octanol–water partition coefficient (Wildman–Crippen LogP) is 4.27. The second-order valence-electron chi connectivity index (χ2n) is 4.88. The fourth-order valence-electron chi connectivity index (χ4n) is 2.01. The van der Waals surface area contributed by atoms with Crippen molar-refractivity contribution in [2.75, 3.05) is 0 Å². The molecule has 0 aliphatic heterocycles. The van der Waals surface area contributed by atoms with Crippen LogP contribution in [0.3, 0.4) is 0 Å². The molecule has 1 N–H and O–H groups in total. The van der Waals surface area contributed by atoms with Crippen LogP contribution in [0.4, 0.5) is 0 Å². The molecule has 1 saturated carbocycles. The van der Waals surface area contributed by atoms with Gasteiger partial charge in [-0.3, -0.25) is 0 Å². The minimum absolute atomic E-state index is 0.714. The zero-order chi connectivity index (χ0) is 12.5. The fraction of sp³-hybridized carbons (Fsp3) is 0.333. The number of hydrogen-bond donors (Lipinski definition) is 1. The minimum Gasteiger partial charge on any atom is -0.460 e. The van der Waals surface area contributed by atoms with Gasteiger partial charge in [-0.2, -0.15) is 0 Å². The van der Waals surface area contributed by atoms with Crippen molar-refractivity contribution in [3.63, 3.8) is 0 Å². The lowest BCUT2D eigenvalue weighted by atomic mass is 10.1. The molecule has 2 nitrogen and oxygen atoms in total. The highest BCUT2D eigenvalue weighted by molar-refractivity contribution is 9.10. The second kappa shape index (κ2) is 4.90. The Morgan fingerprint density at radius 2 is 2.11 bits per heavy atom. The highest BCUT2D eigenvalue weighted by Gasteiger charge is 2.20. The SMILES string of the molecule is Cc1ccc(Br)cc1-c1ccc(CNC2CC2)o1. The Morgan fingerprint density at radius 1 is 1.28 bits per heavy atom. The zero-order valence-electron chi connectivity index (χ0n) is 10.4. The summed E-state index contributed by atoms with van der Waals surface area (Å²) < 4.78 is 6.98. The third kappa shape index (κ3) is 2.68. The number of halogens is 1. The molecule has 0 bridgehead atoms. The van der Waals surface area contributed by atoms with Crippen LogP contribution < -0.4 is 5.32 Å². The van der Waals surface area contributed by atoms with E-state index in [1.165, 1.54) is 18.4 Å². The molecule has 0 amide bonds. The van der Waals surface area contributed by atoms with E-state index >= 15 is 0 Å². The molecule has 0 saturated heterocycles. The molecule has 0 atom stereocenters. The van der Waals surface area contributed by atoms with Crippen LogP contribution in [0.1, 0.15) is 24.2 Å². The van der Waals surface area contributed by atoms with Crippen molar-refractivity contribution in [3.05, 3.63) is 46.1 Å².